The summed E-state index contributed by atoms with van der Waals surface area (Å²) in [7, 11) is -3.99. The fourth-order valence-corrected chi connectivity index (χ4v) is 5.55. The maximum absolute atomic E-state index is 13.4. The van der Waals surface area contributed by atoms with E-state index in [0.29, 0.717) is 24.9 Å². The van der Waals surface area contributed by atoms with Gasteiger partial charge in [0.15, 0.2) is 0 Å². The molecule has 9 heteroatoms. The van der Waals surface area contributed by atoms with E-state index in [1.165, 1.54) is 28.6 Å². The number of nitrogens with zero attached hydrogens (tertiary/aromatic N) is 2. The second-order valence-electron chi connectivity index (χ2n) is 7.71. The molecular formula is C22H25F3N2O3S. The number of unbranched alkanes of at least 4 members (excludes halogenated alkanes) is 1. The number of fused-ring (bicyclic) bond motifs is 1. The number of sulfonamides is 1. The maximum atomic E-state index is 13.4. The molecule has 1 heterocycles. The monoisotopic (exact) mass is 454 g/mol. The quantitative estimate of drug-likeness (QED) is 0.613. The van der Waals surface area contributed by atoms with Gasteiger partial charge in [-0.15, -0.1) is 0 Å². The molecule has 31 heavy (non-hydrogen) atoms. The first-order chi connectivity index (χ1) is 14.5. The van der Waals surface area contributed by atoms with Crippen LogP contribution in [-0.2, 0) is 16.4 Å². The minimum Gasteiger partial charge on any atom is -0.330 e. The summed E-state index contributed by atoms with van der Waals surface area (Å²) in [6, 6.07) is 12.1. The third-order valence-corrected chi connectivity index (χ3v) is 7.15. The molecule has 2 aromatic rings. The number of hydrogen-bond acceptors (Lipinski definition) is 3. The first-order valence-corrected chi connectivity index (χ1v) is 11.6. The molecule has 0 fully saturated rings. The highest BCUT2D eigenvalue weighted by atomic mass is 32.2. The Bertz CT molecular complexity index is 1050. The highest BCUT2D eigenvalue weighted by Gasteiger charge is 2.37. The molecule has 1 amide bonds. The van der Waals surface area contributed by atoms with Gasteiger partial charge in [0.05, 0.1) is 10.6 Å². The molecule has 0 aliphatic carbocycles. The van der Waals surface area contributed by atoms with Crippen LogP contribution in [0.25, 0.3) is 0 Å². The van der Waals surface area contributed by atoms with Crippen LogP contribution < -0.4 is 4.31 Å². The van der Waals surface area contributed by atoms with Crippen molar-refractivity contribution in [3.8, 4) is 0 Å². The van der Waals surface area contributed by atoms with Crippen LogP contribution in [-0.4, -0.2) is 44.5 Å². The second-order valence-corrected chi connectivity index (χ2v) is 9.52. The van der Waals surface area contributed by atoms with Gasteiger partial charge in [0.2, 0.25) is 0 Å². The van der Waals surface area contributed by atoms with Gasteiger partial charge in [0, 0.05) is 18.2 Å². The summed E-state index contributed by atoms with van der Waals surface area (Å²) in [6.45, 7) is 2.18. The summed E-state index contributed by atoms with van der Waals surface area (Å²) in [5.74, 6) is -0.835. The smallest absolute Gasteiger partial charge is 0.330 e. The van der Waals surface area contributed by atoms with Crippen LogP contribution in [0.5, 0.6) is 0 Å². The van der Waals surface area contributed by atoms with E-state index < -0.39 is 28.7 Å². The number of hydrogen-bond donors (Lipinski definition) is 0. The Morgan fingerprint density at radius 1 is 1.16 bits per heavy atom. The first-order valence-electron chi connectivity index (χ1n) is 10.1. The molecule has 0 bridgehead atoms. The van der Waals surface area contributed by atoms with Crippen molar-refractivity contribution in [3.63, 3.8) is 0 Å². The minimum absolute atomic E-state index is 0.0532. The molecule has 168 valence electrons. The van der Waals surface area contributed by atoms with Gasteiger partial charge in [-0.3, -0.25) is 9.10 Å². The molecule has 0 aromatic heterocycles. The third-order valence-electron chi connectivity index (χ3n) is 5.22. The van der Waals surface area contributed by atoms with E-state index in [1.807, 2.05) is 19.1 Å². The molecule has 0 radical (unpaired) electrons. The van der Waals surface area contributed by atoms with Gasteiger partial charge in [0.25, 0.3) is 15.9 Å². The lowest BCUT2D eigenvalue weighted by Gasteiger charge is -2.26. The van der Waals surface area contributed by atoms with Crippen LogP contribution in [0.4, 0.5) is 18.9 Å². The van der Waals surface area contributed by atoms with Crippen LogP contribution >= 0.6 is 0 Å². The first kappa shape index (κ1) is 23.1. The maximum Gasteiger partial charge on any atom is 0.406 e. The molecule has 1 aliphatic rings. The van der Waals surface area contributed by atoms with E-state index in [-0.39, 0.29) is 23.0 Å². The number of anilines is 1. The Hall–Kier alpha value is -2.55. The summed E-state index contributed by atoms with van der Waals surface area (Å²) in [6.07, 6.45) is -2.93. The number of para-hydroxylation sites is 1. The number of halogens is 3. The zero-order valence-electron chi connectivity index (χ0n) is 17.4. The van der Waals surface area contributed by atoms with Crippen molar-refractivity contribution in [1.82, 2.24) is 4.90 Å². The predicted molar refractivity (Wildman–Crippen MR) is 113 cm³/mol. The average molecular weight is 455 g/mol. The summed E-state index contributed by atoms with van der Waals surface area (Å²) < 4.78 is 67.0. The van der Waals surface area contributed by atoms with Gasteiger partial charge < -0.3 is 4.90 Å². The van der Waals surface area contributed by atoms with Gasteiger partial charge in [-0.1, -0.05) is 37.6 Å². The van der Waals surface area contributed by atoms with Gasteiger partial charge >= 0.3 is 6.18 Å². The molecule has 1 aliphatic heterocycles. The molecule has 2 aromatic carbocycles. The van der Waals surface area contributed by atoms with E-state index in [2.05, 4.69) is 0 Å². The Morgan fingerprint density at radius 3 is 2.55 bits per heavy atom. The number of rotatable bonds is 7. The molecule has 5 nitrogen and oxygen atoms in total. The van der Waals surface area contributed by atoms with Gasteiger partial charge in [-0.05, 0) is 49.6 Å². The van der Waals surface area contributed by atoms with E-state index in [0.717, 1.165) is 10.5 Å². The number of alkyl halides is 3. The van der Waals surface area contributed by atoms with Crippen molar-refractivity contribution in [3.05, 3.63) is 59.7 Å². The topological polar surface area (TPSA) is 57.7 Å². The highest BCUT2D eigenvalue weighted by molar-refractivity contribution is 7.92. The summed E-state index contributed by atoms with van der Waals surface area (Å²) in [5.41, 5.74) is 1.40. The Labute approximate surface area is 180 Å². The SMILES string of the molecule is CCCCN(CC(F)(F)F)C(=O)c1cccc(S(=O)(=O)N2c3ccccc3CC2C)c1. The van der Waals surface area contributed by atoms with Crippen molar-refractivity contribution < 1.29 is 26.4 Å². The molecule has 0 saturated carbocycles. The van der Waals surface area contributed by atoms with E-state index in [4.69, 9.17) is 0 Å². The Morgan fingerprint density at radius 2 is 1.87 bits per heavy atom. The molecule has 0 N–H and O–H groups in total. The predicted octanol–water partition coefficient (Wildman–Crippen LogP) is 4.63. The van der Waals surface area contributed by atoms with Crippen molar-refractivity contribution in [2.75, 3.05) is 17.4 Å². The fraction of sp³-hybridized carbons (Fsp3) is 0.409. The third kappa shape index (κ3) is 5.03. The normalized spacial score (nSPS) is 16.3. The van der Waals surface area contributed by atoms with E-state index >= 15 is 0 Å². The molecule has 3 rings (SSSR count). The molecule has 1 unspecified atom stereocenters. The van der Waals surface area contributed by atoms with Crippen molar-refractivity contribution in [2.45, 2.75) is 50.2 Å². The van der Waals surface area contributed by atoms with Gasteiger partial charge in [-0.25, -0.2) is 8.42 Å². The van der Waals surface area contributed by atoms with Crippen LogP contribution in [0.15, 0.2) is 53.4 Å². The van der Waals surface area contributed by atoms with E-state index in [9.17, 15) is 26.4 Å². The lowest BCUT2D eigenvalue weighted by Crippen LogP contribution is -2.40. The van der Waals surface area contributed by atoms with E-state index in [1.54, 1.807) is 19.1 Å². The zero-order valence-corrected chi connectivity index (χ0v) is 18.2. The number of amides is 1. The second kappa shape index (κ2) is 8.90. The summed E-state index contributed by atoms with van der Waals surface area (Å²) in [4.78, 5) is 13.4. The lowest BCUT2D eigenvalue weighted by atomic mass is 10.1. The van der Waals surface area contributed by atoms with Gasteiger partial charge in [-0.2, -0.15) is 13.2 Å². The largest absolute Gasteiger partial charge is 0.406 e. The Kier molecular flexibility index (Phi) is 6.64. The summed E-state index contributed by atoms with van der Waals surface area (Å²) in [5, 5.41) is 0. The minimum atomic E-state index is -4.54. The molecule has 0 saturated heterocycles. The van der Waals surface area contributed by atoms with Crippen LogP contribution in [0.3, 0.4) is 0 Å². The number of benzene rings is 2. The fourth-order valence-electron chi connectivity index (χ4n) is 3.81. The zero-order chi connectivity index (χ0) is 22.8. The standard InChI is InChI=1S/C22H25F3N2O3S/c1-3-4-12-26(15-22(23,24)25)21(28)18-9-7-10-19(14-18)31(29,30)27-16(2)13-17-8-5-6-11-20(17)27/h5-11,14,16H,3-4,12-13,15H2,1-2H3. The molecule has 1 atom stereocenters. The van der Waals surface area contributed by atoms with Gasteiger partial charge in [0.1, 0.15) is 6.54 Å². The highest BCUT2D eigenvalue weighted by Crippen LogP contribution is 2.36. The lowest BCUT2D eigenvalue weighted by molar-refractivity contribution is -0.140. The van der Waals surface area contributed by atoms with Crippen molar-refractivity contribution in [1.29, 1.82) is 0 Å². The summed E-state index contributed by atoms with van der Waals surface area (Å²) >= 11 is 0. The van der Waals surface area contributed by atoms with Crippen LogP contribution in [0, 0.1) is 0 Å². The molecular weight excluding hydrogens is 429 g/mol. The van der Waals surface area contributed by atoms with Crippen molar-refractivity contribution in [2.24, 2.45) is 0 Å². The number of carbonyl (C=O) groups excluding carboxylic acids is 1. The van der Waals surface area contributed by atoms with Crippen LogP contribution in [0.1, 0.15) is 42.6 Å². The Balaban J connectivity index is 1.94. The van der Waals surface area contributed by atoms with Crippen LogP contribution in [0.2, 0.25) is 0 Å². The van der Waals surface area contributed by atoms with Crippen molar-refractivity contribution >= 4 is 21.6 Å². The number of carbonyl (C=O) groups is 1. The molecule has 0 spiro atoms. The average Bonchev–Trinajstić information content (AvgIpc) is 3.06.